The van der Waals surface area contributed by atoms with Crippen LogP contribution in [-0.2, 0) is 4.74 Å². The molecule has 0 fully saturated rings. The van der Waals surface area contributed by atoms with Gasteiger partial charge in [-0.15, -0.1) is 0 Å². The Morgan fingerprint density at radius 3 is 1.75 bits per heavy atom. The Balaban J connectivity index is 2.40. The van der Waals surface area contributed by atoms with E-state index in [2.05, 4.69) is 0 Å². The molecule has 2 aromatic rings. The maximum atomic E-state index is 11.0. The number of ether oxygens (including phenoxy) is 1. The van der Waals surface area contributed by atoms with Crippen molar-refractivity contribution in [3.8, 4) is 11.5 Å². The summed E-state index contributed by atoms with van der Waals surface area (Å²) >= 11 is 0. The molecular weight excluding hydrogens is 352 g/mol. The highest BCUT2D eigenvalue weighted by Crippen LogP contribution is 2.49. The van der Waals surface area contributed by atoms with E-state index in [1.807, 2.05) is 45.9 Å². The zero-order valence-electron chi connectivity index (χ0n) is 17.0. The molecule has 2 atom stereocenters. The van der Waals surface area contributed by atoms with E-state index < -0.39 is 17.6 Å². The van der Waals surface area contributed by atoms with Crippen molar-refractivity contribution in [2.45, 2.75) is 45.3 Å². The maximum Gasteiger partial charge on any atom is 0.127 e. The molecule has 0 heterocycles. The van der Waals surface area contributed by atoms with Gasteiger partial charge in [0.05, 0.1) is 5.92 Å². The SMILES string of the molecule is COC1(C(c2c(C)cc(C)cc2O)c2c(C)cc(C)cc2O)C=CC=CC1O. The van der Waals surface area contributed by atoms with Gasteiger partial charge in [-0.25, -0.2) is 0 Å². The summed E-state index contributed by atoms with van der Waals surface area (Å²) in [4.78, 5) is 0. The molecular formula is C24H28O4. The van der Waals surface area contributed by atoms with Gasteiger partial charge in [-0.05, 0) is 68.2 Å². The zero-order chi connectivity index (χ0) is 20.6. The number of aliphatic hydroxyl groups excluding tert-OH is 1. The van der Waals surface area contributed by atoms with Crippen LogP contribution in [0.2, 0.25) is 0 Å². The van der Waals surface area contributed by atoms with Crippen LogP contribution in [0, 0.1) is 27.7 Å². The van der Waals surface area contributed by atoms with Gasteiger partial charge >= 0.3 is 0 Å². The average molecular weight is 380 g/mol. The molecule has 0 saturated heterocycles. The topological polar surface area (TPSA) is 69.9 Å². The lowest BCUT2D eigenvalue weighted by Gasteiger charge is -2.43. The van der Waals surface area contributed by atoms with Crippen LogP contribution in [0.3, 0.4) is 0 Å². The van der Waals surface area contributed by atoms with Gasteiger partial charge in [-0.2, -0.15) is 0 Å². The maximum absolute atomic E-state index is 11.0. The highest BCUT2D eigenvalue weighted by molar-refractivity contribution is 5.57. The molecule has 0 aromatic heterocycles. The predicted molar refractivity (Wildman–Crippen MR) is 111 cm³/mol. The Morgan fingerprint density at radius 2 is 1.36 bits per heavy atom. The number of allylic oxidation sites excluding steroid dienone is 2. The number of methoxy groups -OCH3 is 1. The molecule has 3 rings (SSSR count). The van der Waals surface area contributed by atoms with Gasteiger partial charge in [0, 0.05) is 18.2 Å². The van der Waals surface area contributed by atoms with Crippen molar-refractivity contribution in [2.24, 2.45) is 0 Å². The Labute approximate surface area is 166 Å². The summed E-state index contributed by atoms with van der Waals surface area (Å²) in [7, 11) is 1.54. The van der Waals surface area contributed by atoms with Crippen LogP contribution in [-0.4, -0.2) is 34.1 Å². The average Bonchev–Trinajstić information content (AvgIpc) is 2.59. The summed E-state index contributed by atoms with van der Waals surface area (Å²) in [6, 6.07) is 7.38. The minimum absolute atomic E-state index is 0.119. The fourth-order valence-electron chi connectivity index (χ4n) is 4.46. The minimum Gasteiger partial charge on any atom is -0.508 e. The number of phenolic OH excluding ortho intramolecular Hbond substituents is 2. The normalized spacial score (nSPS) is 21.5. The van der Waals surface area contributed by atoms with Crippen LogP contribution >= 0.6 is 0 Å². The molecule has 1 aliphatic rings. The first-order valence-electron chi connectivity index (χ1n) is 9.40. The fraction of sp³-hybridized carbons (Fsp3) is 0.333. The number of aliphatic hydroxyl groups is 1. The van der Waals surface area contributed by atoms with Crippen molar-refractivity contribution in [1.29, 1.82) is 0 Å². The Bertz CT molecular complexity index is 854. The third-order valence-corrected chi connectivity index (χ3v) is 5.62. The Hall–Kier alpha value is -2.56. The van der Waals surface area contributed by atoms with Gasteiger partial charge in [0.25, 0.3) is 0 Å². The number of aryl methyl sites for hydroxylation is 4. The molecule has 3 N–H and O–H groups in total. The van der Waals surface area contributed by atoms with E-state index in [1.54, 1.807) is 37.5 Å². The predicted octanol–water partition coefficient (Wildman–Crippen LogP) is 4.34. The lowest BCUT2D eigenvalue weighted by Crippen LogP contribution is -2.48. The largest absolute Gasteiger partial charge is 0.508 e. The Morgan fingerprint density at radius 1 is 0.857 bits per heavy atom. The summed E-state index contributed by atoms with van der Waals surface area (Å²) in [5.41, 5.74) is 3.70. The molecule has 2 aromatic carbocycles. The first kappa shape index (κ1) is 20.2. The second kappa shape index (κ2) is 7.46. The Kier molecular flexibility index (Phi) is 5.37. The molecule has 0 radical (unpaired) electrons. The first-order chi connectivity index (χ1) is 13.2. The molecule has 0 bridgehead atoms. The molecule has 4 heteroatoms. The minimum atomic E-state index is -1.18. The monoisotopic (exact) mass is 380 g/mol. The van der Waals surface area contributed by atoms with Crippen molar-refractivity contribution in [3.05, 3.63) is 82.0 Å². The molecule has 0 saturated carbocycles. The van der Waals surface area contributed by atoms with Gasteiger partial charge in [0.15, 0.2) is 0 Å². The number of aromatic hydroxyl groups is 2. The fourth-order valence-corrected chi connectivity index (χ4v) is 4.46. The van der Waals surface area contributed by atoms with Crippen molar-refractivity contribution in [3.63, 3.8) is 0 Å². The van der Waals surface area contributed by atoms with E-state index >= 15 is 0 Å². The van der Waals surface area contributed by atoms with Crippen molar-refractivity contribution >= 4 is 0 Å². The second-order valence-electron chi connectivity index (χ2n) is 7.71. The van der Waals surface area contributed by atoms with E-state index in [4.69, 9.17) is 4.74 Å². The molecule has 2 unspecified atom stereocenters. The molecule has 148 valence electrons. The summed E-state index contributed by atoms with van der Waals surface area (Å²) in [6.45, 7) is 7.69. The molecule has 0 aliphatic heterocycles. The quantitative estimate of drug-likeness (QED) is 0.738. The zero-order valence-corrected chi connectivity index (χ0v) is 17.0. The van der Waals surface area contributed by atoms with Gasteiger partial charge in [-0.1, -0.05) is 30.4 Å². The van der Waals surface area contributed by atoms with E-state index in [1.165, 1.54) is 0 Å². The number of phenols is 2. The number of hydrogen-bond acceptors (Lipinski definition) is 4. The third-order valence-electron chi connectivity index (χ3n) is 5.62. The highest BCUT2D eigenvalue weighted by atomic mass is 16.5. The summed E-state index contributed by atoms with van der Waals surface area (Å²) in [5.74, 6) is -0.378. The van der Waals surface area contributed by atoms with Crippen LogP contribution in [0.15, 0.2) is 48.6 Å². The summed E-state index contributed by atoms with van der Waals surface area (Å²) in [6.07, 6.45) is 6.11. The molecule has 28 heavy (non-hydrogen) atoms. The standard InChI is InChI=1S/C24H28O4/c1-14-10-16(3)21(18(25)12-14)23(22-17(4)11-15(2)13-19(22)26)24(28-5)9-7-6-8-20(24)27/h6-13,20,23,25-27H,1-5H3. The number of hydrogen-bond donors (Lipinski definition) is 3. The van der Waals surface area contributed by atoms with E-state index in [0.717, 1.165) is 22.3 Å². The van der Waals surface area contributed by atoms with E-state index in [9.17, 15) is 15.3 Å². The smallest absolute Gasteiger partial charge is 0.127 e. The summed E-state index contributed by atoms with van der Waals surface area (Å²) < 4.78 is 5.93. The van der Waals surface area contributed by atoms with Gasteiger partial charge < -0.3 is 20.1 Å². The second-order valence-corrected chi connectivity index (χ2v) is 7.71. The van der Waals surface area contributed by atoms with Crippen molar-refractivity contribution < 1.29 is 20.1 Å². The number of rotatable bonds is 4. The molecule has 0 spiro atoms. The van der Waals surface area contributed by atoms with Crippen LogP contribution in [0.4, 0.5) is 0 Å². The van der Waals surface area contributed by atoms with Crippen molar-refractivity contribution in [2.75, 3.05) is 7.11 Å². The van der Waals surface area contributed by atoms with E-state index in [0.29, 0.717) is 11.1 Å². The molecule has 0 amide bonds. The van der Waals surface area contributed by atoms with Gasteiger partial charge in [0.1, 0.15) is 23.2 Å². The lowest BCUT2D eigenvalue weighted by atomic mass is 9.69. The summed E-state index contributed by atoms with van der Waals surface area (Å²) in [5, 5.41) is 32.8. The molecule has 1 aliphatic carbocycles. The van der Waals surface area contributed by atoms with Crippen LogP contribution < -0.4 is 0 Å². The third kappa shape index (κ3) is 3.23. The van der Waals surface area contributed by atoms with Crippen LogP contribution in [0.25, 0.3) is 0 Å². The van der Waals surface area contributed by atoms with Gasteiger partial charge in [0.2, 0.25) is 0 Å². The van der Waals surface area contributed by atoms with Gasteiger partial charge in [-0.3, -0.25) is 0 Å². The van der Waals surface area contributed by atoms with Crippen molar-refractivity contribution in [1.82, 2.24) is 0 Å². The first-order valence-corrected chi connectivity index (χ1v) is 9.40. The van der Waals surface area contributed by atoms with Crippen LogP contribution in [0.5, 0.6) is 11.5 Å². The lowest BCUT2D eigenvalue weighted by molar-refractivity contribution is -0.0605. The number of benzene rings is 2. The van der Waals surface area contributed by atoms with E-state index in [-0.39, 0.29) is 11.5 Å². The molecule has 4 nitrogen and oxygen atoms in total. The van der Waals surface area contributed by atoms with Crippen LogP contribution in [0.1, 0.15) is 39.3 Å². The highest BCUT2D eigenvalue weighted by Gasteiger charge is 2.48.